The van der Waals surface area contributed by atoms with Crippen molar-refractivity contribution in [2.75, 3.05) is 0 Å². The first kappa shape index (κ1) is 13.0. The molecule has 1 N–H and O–H groups in total. The number of Topliss-reactive ketones (excluding diaryl/α,β-unsaturated/α-hetero) is 2. The number of hydrogen-bond acceptors (Lipinski definition) is 3. The minimum atomic E-state index is -1.08. The molecule has 98 valence electrons. The summed E-state index contributed by atoms with van der Waals surface area (Å²) < 4.78 is 0. The zero-order valence-electron chi connectivity index (χ0n) is 10.4. The minimum absolute atomic E-state index is 0.0222. The van der Waals surface area contributed by atoms with Crippen molar-refractivity contribution in [3.05, 3.63) is 12.2 Å². The molecule has 0 heterocycles. The summed E-state index contributed by atoms with van der Waals surface area (Å²) >= 11 is 0. The quantitative estimate of drug-likeness (QED) is 0.615. The van der Waals surface area contributed by atoms with Gasteiger partial charge in [-0.15, -0.1) is 0 Å². The van der Waals surface area contributed by atoms with Crippen LogP contribution in [0.2, 0.25) is 0 Å². The Morgan fingerprint density at radius 1 is 1.28 bits per heavy atom. The van der Waals surface area contributed by atoms with E-state index in [-0.39, 0.29) is 30.0 Å². The van der Waals surface area contributed by atoms with Crippen molar-refractivity contribution in [2.45, 2.75) is 44.9 Å². The summed E-state index contributed by atoms with van der Waals surface area (Å²) in [6.45, 7) is 3.45. The number of ketones is 2. The molecule has 0 radical (unpaired) electrons. The lowest BCUT2D eigenvalue weighted by molar-refractivity contribution is -0.137. The third kappa shape index (κ3) is 2.00. The van der Waals surface area contributed by atoms with Crippen molar-refractivity contribution in [1.82, 2.24) is 0 Å². The second-order valence-corrected chi connectivity index (χ2v) is 5.44. The molecule has 4 heteroatoms. The van der Waals surface area contributed by atoms with E-state index >= 15 is 0 Å². The third-order valence-electron chi connectivity index (χ3n) is 4.31. The van der Waals surface area contributed by atoms with Gasteiger partial charge in [-0.1, -0.05) is 25.8 Å². The molecule has 0 aliphatic heterocycles. The van der Waals surface area contributed by atoms with E-state index in [9.17, 15) is 14.4 Å². The fraction of sp³-hybridized carbons (Fsp3) is 0.643. The molecule has 1 atom stereocenters. The number of carbonyl (C=O) groups excluding carboxylic acids is 2. The second-order valence-electron chi connectivity index (χ2n) is 5.44. The molecule has 0 aromatic carbocycles. The number of carboxylic acid groups (broad SMARTS) is 1. The van der Waals surface area contributed by atoms with Gasteiger partial charge < -0.3 is 5.11 Å². The maximum absolute atomic E-state index is 12.4. The number of hydrogen-bond donors (Lipinski definition) is 1. The van der Waals surface area contributed by atoms with Gasteiger partial charge in [0.25, 0.3) is 0 Å². The summed E-state index contributed by atoms with van der Waals surface area (Å²) in [7, 11) is 0. The Morgan fingerprint density at radius 3 is 2.44 bits per heavy atom. The van der Waals surface area contributed by atoms with Crippen LogP contribution in [0.3, 0.4) is 0 Å². The minimum Gasteiger partial charge on any atom is -0.478 e. The molecular formula is C14H18O4. The molecule has 2 aliphatic rings. The molecule has 1 spiro atoms. The Kier molecular flexibility index (Phi) is 3.37. The Balaban J connectivity index is 2.13. The topological polar surface area (TPSA) is 71.4 Å². The summed E-state index contributed by atoms with van der Waals surface area (Å²) in [5.74, 6) is -1.55. The van der Waals surface area contributed by atoms with Gasteiger partial charge in [0, 0.05) is 17.9 Å². The maximum Gasteiger partial charge on any atom is 0.330 e. The Labute approximate surface area is 106 Å². The number of aliphatic carboxylic acids is 1. The van der Waals surface area contributed by atoms with E-state index in [1.165, 1.54) is 0 Å². The maximum atomic E-state index is 12.4. The number of carbonyl (C=O) groups is 3. The molecule has 0 saturated heterocycles. The Hall–Kier alpha value is -1.45. The monoisotopic (exact) mass is 250 g/mol. The highest BCUT2D eigenvalue weighted by Gasteiger charge is 2.54. The fourth-order valence-electron chi connectivity index (χ4n) is 3.27. The molecule has 2 saturated carbocycles. The van der Waals surface area contributed by atoms with Gasteiger partial charge in [0.15, 0.2) is 0 Å². The molecule has 18 heavy (non-hydrogen) atoms. The zero-order chi connectivity index (χ0) is 13.3. The zero-order valence-corrected chi connectivity index (χ0v) is 10.4. The van der Waals surface area contributed by atoms with Crippen molar-refractivity contribution in [3.63, 3.8) is 0 Å². The average Bonchev–Trinajstić information content (AvgIpc) is 2.56. The Morgan fingerprint density at radius 2 is 1.89 bits per heavy atom. The van der Waals surface area contributed by atoms with Crippen LogP contribution < -0.4 is 0 Å². The smallest absolute Gasteiger partial charge is 0.330 e. The third-order valence-corrected chi connectivity index (χ3v) is 4.31. The van der Waals surface area contributed by atoms with E-state index in [0.717, 1.165) is 19.3 Å². The predicted molar refractivity (Wildman–Crippen MR) is 65.0 cm³/mol. The second kappa shape index (κ2) is 4.67. The normalized spacial score (nSPS) is 26.6. The standard InChI is InChI=1S/C14H18O4/c1-9(13(17)18)7-10-8-11(15)14(12(10)16)5-3-2-4-6-14/h10H,1-8H2,(H,17,18). The molecule has 2 aliphatic carbocycles. The molecule has 0 aromatic rings. The average molecular weight is 250 g/mol. The van der Waals surface area contributed by atoms with Crippen molar-refractivity contribution < 1.29 is 19.5 Å². The fourth-order valence-corrected chi connectivity index (χ4v) is 3.27. The van der Waals surface area contributed by atoms with Crippen molar-refractivity contribution in [1.29, 1.82) is 0 Å². The van der Waals surface area contributed by atoms with Gasteiger partial charge >= 0.3 is 5.97 Å². The van der Waals surface area contributed by atoms with Crippen LogP contribution in [0.25, 0.3) is 0 Å². The summed E-state index contributed by atoms with van der Waals surface area (Å²) in [6.07, 6.45) is 4.54. The van der Waals surface area contributed by atoms with E-state index in [2.05, 4.69) is 6.58 Å². The molecule has 0 amide bonds. The van der Waals surface area contributed by atoms with Crippen LogP contribution >= 0.6 is 0 Å². The summed E-state index contributed by atoms with van der Waals surface area (Å²) in [4.78, 5) is 35.3. The van der Waals surface area contributed by atoms with Gasteiger partial charge in [-0.25, -0.2) is 4.79 Å². The lowest BCUT2D eigenvalue weighted by Crippen LogP contribution is -2.36. The summed E-state index contributed by atoms with van der Waals surface area (Å²) in [5.41, 5.74) is -0.754. The van der Waals surface area contributed by atoms with E-state index in [0.29, 0.717) is 12.8 Å². The first-order valence-electron chi connectivity index (χ1n) is 6.46. The van der Waals surface area contributed by atoms with Crippen LogP contribution in [0, 0.1) is 11.3 Å². The van der Waals surface area contributed by atoms with E-state index in [4.69, 9.17) is 5.11 Å². The largest absolute Gasteiger partial charge is 0.478 e. The number of rotatable bonds is 3. The highest BCUT2D eigenvalue weighted by atomic mass is 16.4. The summed E-state index contributed by atoms with van der Waals surface area (Å²) in [5, 5.41) is 8.80. The van der Waals surface area contributed by atoms with Crippen LogP contribution in [-0.2, 0) is 14.4 Å². The van der Waals surface area contributed by atoms with Crippen molar-refractivity contribution in [2.24, 2.45) is 11.3 Å². The van der Waals surface area contributed by atoms with E-state index in [1.807, 2.05) is 0 Å². The Bertz CT molecular complexity index is 416. The number of carboxylic acids is 1. The van der Waals surface area contributed by atoms with Gasteiger partial charge in [0.05, 0.1) is 5.41 Å². The summed E-state index contributed by atoms with van der Waals surface area (Å²) in [6, 6.07) is 0. The van der Waals surface area contributed by atoms with Gasteiger partial charge in [-0.3, -0.25) is 9.59 Å². The lowest BCUT2D eigenvalue weighted by atomic mass is 9.71. The molecule has 0 aromatic heterocycles. The first-order valence-corrected chi connectivity index (χ1v) is 6.46. The molecule has 4 nitrogen and oxygen atoms in total. The predicted octanol–water partition coefficient (Wildman–Crippen LogP) is 2.13. The molecule has 0 bridgehead atoms. The highest BCUT2D eigenvalue weighted by Crippen LogP contribution is 2.47. The van der Waals surface area contributed by atoms with Crippen LogP contribution in [0.4, 0.5) is 0 Å². The molecule has 1 unspecified atom stereocenters. The first-order chi connectivity index (χ1) is 8.47. The van der Waals surface area contributed by atoms with Gasteiger partial charge in [-0.05, 0) is 19.3 Å². The molecule has 2 rings (SSSR count). The highest BCUT2D eigenvalue weighted by molar-refractivity contribution is 6.14. The van der Waals surface area contributed by atoms with Crippen molar-refractivity contribution >= 4 is 17.5 Å². The molecule has 2 fully saturated rings. The van der Waals surface area contributed by atoms with E-state index in [1.54, 1.807) is 0 Å². The van der Waals surface area contributed by atoms with Crippen LogP contribution in [0.15, 0.2) is 12.2 Å². The van der Waals surface area contributed by atoms with Crippen LogP contribution in [-0.4, -0.2) is 22.6 Å². The van der Waals surface area contributed by atoms with Gasteiger partial charge in [0.2, 0.25) is 0 Å². The molecular weight excluding hydrogens is 232 g/mol. The SMILES string of the molecule is C=C(CC1CC(=O)C2(CCCCC2)C1=O)C(=O)O. The van der Waals surface area contributed by atoms with Gasteiger partial charge in [0.1, 0.15) is 11.6 Å². The van der Waals surface area contributed by atoms with Crippen LogP contribution in [0.5, 0.6) is 0 Å². The van der Waals surface area contributed by atoms with Crippen molar-refractivity contribution in [3.8, 4) is 0 Å². The van der Waals surface area contributed by atoms with E-state index < -0.39 is 17.3 Å². The van der Waals surface area contributed by atoms with Gasteiger partial charge in [-0.2, -0.15) is 0 Å². The van der Waals surface area contributed by atoms with Crippen LogP contribution in [0.1, 0.15) is 44.9 Å². The lowest BCUT2D eigenvalue weighted by Gasteiger charge is -2.30.